The topological polar surface area (TPSA) is 80.3 Å². The molecule has 36 heavy (non-hydrogen) atoms. The molecule has 0 bridgehead atoms. The third kappa shape index (κ3) is 1.92. The predicted molar refractivity (Wildman–Crippen MR) is 140 cm³/mol. The lowest BCUT2D eigenvalue weighted by Crippen LogP contribution is -2.22. The Hall–Kier alpha value is -4.96. The van der Waals surface area contributed by atoms with Gasteiger partial charge in [-0.1, -0.05) is 24.3 Å². The molecule has 0 aliphatic heterocycles. The molecule has 166 valence electrons. The molecule has 0 saturated carbocycles. The van der Waals surface area contributed by atoms with E-state index in [9.17, 15) is 19.8 Å². The largest absolute Gasteiger partial charge is 0.545 e. The van der Waals surface area contributed by atoms with Crippen molar-refractivity contribution in [1.82, 2.24) is 0 Å². The molecule has 0 aromatic heterocycles. The van der Waals surface area contributed by atoms with Crippen LogP contribution in [-0.4, -0.2) is 11.9 Å². The summed E-state index contributed by atoms with van der Waals surface area (Å²) in [6.07, 6.45) is 0. The zero-order chi connectivity index (χ0) is 24.0. The molecule has 0 saturated heterocycles. The van der Waals surface area contributed by atoms with E-state index >= 15 is 0 Å². The minimum atomic E-state index is -1.18. The molecule has 4 nitrogen and oxygen atoms in total. The highest BCUT2D eigenvalue weighted by Gasteiger charge is 2.24. The molecule has 0 radical (unpaired) electrons. The van der Waals surface area contributed by atoms with Crippen LogP contribution >= 0.6 is 0 Å². The van der Waals surface area contributed by atoms with E-state index in [1.54, 1.807) is 24.3 Å². The second-order valence-electron chi connectivity index (χ2n) is 9.95. The van der Waals surface area contributed by atoms with Crippen LogP contribution in [0.25, 0.3) is 86.2 Å². The van der Waals surface area contributed by atoms with E-state index < -0.39 is 11.9 Å². The number of benzene rings is 9. The summed E-state index contributed by atoms with van der Waals surface area (Å²) in [5.74, 6) is -2.37. The van der Waals surface area contributed by atoms with Crippen molar-refractivity contribution >= 4 is 98.1 Å². The maximum absolute atomic E-state index is 11.8. The van der Waals surface area contributed by atoms with Crippen molar-refractivity contribution in [2.75, 3.05) is 0 Å². The van der Waals surface area contributed by atoms with Gasteiger partial charge in [-0.25, -0.2) is 0 Å². The molecule has 9 rings (SSSR count). The number of carboxylic acids is 2. The van der Waals surface area contributed by atoms with E-state index in [-0.39, 0.29) is 11.1 Å². The molecule has 0 unspecified atom stereocenters. The quantitative estimate of drug-likeness (QED) is 0.256. The van der Waals surface area contributed by atoms with Crippen molar-refractivity contribution in [2.24, 2.45) is 0 Å². The van der Waals surface area contributed by atoms with E-state index in [1.807, 2.05) is 0 Å². The molecule has 0 atom stereocenters. The van der Waals surface area contributed by atoms with Crippen LogP contribution in [-0.2, 0) is 0 Å². The molecular formula is C32H12O4-2. The summed E-state index contributed by atoms with van der Waals surface area (Å²) < 4.78 is 0. The Morgan fingerprint density at radius 2 is 0.639 bits per heavy atom. The zero-order valence-electron chi connectivity index (χ0n) is 18.6. The number of carbonyl (C=O) groups excluding carboxylic acids is 2. The second-order valence-corrected chi connectivity index (χ2v) is 9.95. The first-order chi connectivity index (χ1) is 17.5. The SMILES string of the molecule is O=C([O-])c1cc2cc3ccc4cc5cc(C(=O)[O-])cc6cc7ccc8cc(c1)c2c1c3c4c(c56)c7c81. The van der Waals surface area contributed by atoms with E-state index in [0.29, 0.717) is 0 Å². The van der Waals surface area contributed by atoms with Crippen molar-refractivity contribution < 1.29 is 19.8 Å². The molecule has 0 aliphatic carbocycles. The Labute approximate surface area is 201 Å². The second kappa shape index (κ2) is 5.64. The average Bonchev–Trinajstić information content (AvgIpc) is 2.87. The van der Waals surface area contributed by atoms with Crippen molar-refractivity contribution in [2.45, 2.75) is 0 Å². The molecule has 0 amide bonds. The summed E-state index contributed by atoms with van der Waals surface area (Å²) in [4.78, 5) is 23.6. The third-order valence-corrected chi connectivity index (χ3v) is 8.15. The van der Waals surface area contributed by atoms with Gasteiger partial charge in [-0.2, -0.15) is 0 Å². The lowest BCUT2D eigenvalue weighted by Gasteiger charge is -2.24. The maximum atomic E-state index is 11.8. The van der Waals surface area contributed by atoms with Crippen LogP contribution in [0.5, 0.6) is 0 Å². The number of aromatic carboxylic acids is 2. The smallest absolute Gasteiger partial charge is 0.0715 e. The standard InChI is InChI=1S/C32H14O4/c33-31(34)21-9-17-5-13-1-2-14-6-18-10-22(32(35)36)12-20-8-16-4-3-15-7-19(11-21)23(17)29-25(13)26(14)30(24(18)20)28(16)27(15)29/h1-12H,(H,33,34)(H,35,36)/p-2. The van der Waals surface area contributed by atoms with Crippen LogP contribution < -0.4 is 10.2 Å². The third-order valence-electron chi connectivity index (χ3n) is 8.15. The highest BCUT2D eigenvalue weighted by Crippen LogP contribution is 2.52. The summed E-state index contributed by atoms with van der Waals surface area (Å²) in [6, 6.07) is 23.4. The van der Waals surface area contributed by atoms with Crippen LogP contribution in [0.15, 0.2) is 72.8 Å². The van der Waals surface area contributed by atoms with Crippen molar-refractivity contribution in [3.63, 3.8) is 0 Å². The fourth-order valence-electron chi connectivity index (χ4n) is 6.89. The van der Waals surface area contributed by atoms with Crippen LogP contribution in [0.2, 0.25) is 0 Å². The fraction of sp³-hybridized carbons (Fsp3) is 0. The Balaban J connectivity index is 1.68. The fourth-order valence-corrected chi connectivity index (χ4v) is 6.89. The van der Waals surface area contributed by atoms with Crippen LogP contribution in [0.4, 0.5) is 0 Å². The molecule has 0 heterocycles. The maximum Gasteiger partial charge on any atom is 0.0715 e. The normalized spacial score (nSPS) is 12.9. The number of hydrogen-bond donors (Lipinski definition) is 0. The first kappa shape index (κ1) is 18.4. The molecule has 4 heteroatoms. The van der Waals surface area contributed by atoms with Gasteiger partial charge in [0.1, 0.15) is 0 Å². The van der Waals surface area contributed by atoms with Gasteiger partial charge in [0, 0.05) is 0 Å². The molecule has 9 aromatic rings. The van der Waals surface area contributed by atoms with Crippen LogP contribution in [0.1, 0.15) is 20.7 Å². The van der Waals surface area contributed by atoms with Gasteiger partial charge < -0.3 is 19.8 Å². The minimum absolute atomic E-state index is 0.173. The first-order valence-corrected chi connectivity index (χ1v) is 11.8. The summed E-state index contributed by atoms with van der Waals surface area (Å²) in [7, 11) is 0. The highest BCUT2D eigenvalue weighted by atomic mass is 16.4. The van der Waals surface area contributed by atoms with Gasteiger partial charge in [0.05, 0.1) is 11.9 Å². The van der Waals surface area contributed by atoms with E-state index in [2.05, 4.69) is 48.5 Å². The lowest BCUT2D eigenvalue weighted by atomic mass is 9.79. The van der Waals surface area contributed by atoms with Gasteiger partial charge in [-0.05, 0) is 146 Å². The summed E-state index contributed by atoms with van der Waals surface area (Å²) in [6.45, 7) is 0. The summed E-state index contributed by atoms with van der Waals surface area (Å²) in [5.41, 5.74) is 0.346. The van der Waals surface area contributed by atoms with Gasteiger partial charge in [0.15, 0.2) is 0 Å². The molecule has 0 spiro atoms. The van der Waals surface area contributed by atoms with Gasteiger partial charge in [0.25, 0.3) is 0 Å². The summed E-state index contributed by atoms with van der Waals surface area (Å²) in [5, 5.41) is 40.4. The van der Waals surface area contributed by atoms with Gasteiger partial charge in [-0.15, -0.1) is 0 Å². The highest BCUT2D eigenvalue weighted by molar-refractivity contribution is 6.49. The van der Waals surface area contributed by atoms with Crippen LogP contribution in [0.3, 0.4) is 0 Å². The Morgan fingerprint density at radius 1 is 0.361 bits per heavy atom. The van der Waals surface area contributed by atoms with Gasteiger partial charge >= 0.3 is 0 Å². The van der Waals surface area contributed by atoms with E-state index in [4.69, 9.17) is 0 Å². The minimum Gasteiger partial charge on any atom is -0.545 e. The number of hydrogen-bond acceptors (Lipinski definition) is 4. The molecular weight excluding hydrogens is 448 g/mol. The van der Waals surface area contributed by atoms with E-state index in [1.165, 1.54) is 0 Å². The van der Waals surface area contributed by atoms with Gasteiger partial charge in [0.2, 0.25) is 0 Å². The molecule has 0 aliphatic rings. The molecule has 9 aromatic carbocycles. The van der Waals surface area contributed by atoms with E-state index in [0.717, 1.165) is 86.2 Å². The van der Waals surface area contributed by atoms with Gasteiger partial charge in [-0.3, -0.25) is 0 Å². The monoisotopic (exact) mass is 460 g/mol. The number of carbonyl (C=O) groups is 2. The number of rotatable bonds is 2. The lowest BCUT2D eigenvalue weighted by molar-refractivity contribution is -0.256. The van der Waals surface area contributed by atoms with Crippen LogP contribution in [0, 0.1) is 0 Å². The van der Waals surface area contributed by atoms with Crippen molar-refractivity contribution in [1.29, 1.82) is 0 Å². The Bertz CT molecular complexity index is 2100. The first-order valence-electron chi connectivity index (χ1n) is 11.8. The molecule has 0 fully saturated rings. The average molecular weight is 460 g/mol. The Kier molecular flexibility index (Phi) is 2.88. The number of carboxylic acid groups (broad SMARTS) is 2. The predicted octanol–water partition coefficient (Wildman–Crippen LogP) is 5.39. The summed E-state index contributed by atoms with van der Waals surface area (Å²) >= 11 is 0. The van der Waals surface area contributed by atoms with Crippen molar-refractivity contribution in [3.8, 4) is 0 Å². The zero-order valence-corrected chi connectivity index (χ0v) is 18.6. The Morgan fingerprint density at radius 3 is 0.889 bits per heavy atom. The van der Waals surface area contributed by atoms with Crippen molar-refractivity contribution in [3.05, 3.63) is 83.9 Å². The molecule has 0 N–H and O–H groups in total.